The summed E-state index contributed by atoms with van der Waals surface area (Å²) in [6.07, 6.45) is 2.14. The molecule has 1 fully saturated rings. The third-order valence-corrected chi connectivity index (χ3v) is 3.21. The van der Waals surface area contributed by atoms with Gasteiger partial charge in [-0.15, -0.1) is 0 Å². The van der Waals surface area contributed by atoms with Crippen LogP contribution in [0.3, 0.4) is 0 Å². The first-order valence-corrected chi connectivity index (χ1v) is 6.39. The second-order valence-electron chi connectivity index (χ2n) is 3.89. The molecule has 0 spiro atoms. The van der Waals surface area contributed by atoms with Crippen molar-refractivity contribution in [1.29, 1.82) is 5.26 Å². The average molecular weight is 342 g/mol. The number of carbonyl (C=O) groups excluding carboxylic acids is 1. The van der Waals surface area contributed by atoms with Gasteiger partial charge in [0.1, 0.15) is 5.75 Å². The zero-order valence-corrected chi connectivity index (χ0v) is 11.2. The van der Waals surface area contributed by atoms with Crippen LogP contribution in [0.1, 0.15) is 18.4 Å². The number of amides is 1. The number of benzene rings is 1. The number of ether oxygens (including phenoxy) is 1. The molecule has 1 amide bonds. The maximum absolute atomic E-state index is 11.4. The predicted octanol–water partition coefficient (Wildman–Crippen LogP) is 1.82. The van der Waals surface area contributed by atoms with Gasteiger partial charge < -0.3 is 10.1 Å². The first kappa shape index (κ1) is 12.2. The van der Waals surface area contributed by atoms with Crippen LogP contribution < -0.4 is 10.1 Å². The van der Waals surface area contributed by atoms with E-state index in [4.69, 9.17) is 10.00 Å². The van der Waals surface area contributed by atoms with Gasteiger partial charge in [-0.05, 0) is 53.6 Å². The Morgan fingerprint density at radius 2 is 2.35 bits per heavy atom. The van der Waals surface area contributed by atoms with Gasteiger partial charge in [-0.25, -0.2) is 0 Å². The molecule has 4 nitrogen and oxygen atoms in total. The van der Waals surface area contributed by atoms with Gasteiger partial charge in [0.25, 0.3) is 5.91 Å². The number of halogens is 1. The standard InChI is InChI=1S/C12H11IN2O2/c13-10-5-8(6-14)1-4-11(10)17-7-12(16)15-9-2-3-9/h1,4-5,9H,2-3,7H2,(H,15,16). The van der Waals surface area contributed by atoms with Crippen LogP contribution in [-0.4, -0.2) is 18.6 Å². The molecule has 2 rings (SSSR count). The Kier molecular flexibility index (Phi) is 3.84. The Hall–Kier alpha value is -1.29. The van der Waals surface area contributed by atoms with Gasteiger partial charge in [-0.3, -0.25) is 4.79 Å². The lowest BCUT2D eigenvalue weighted by atomic mass is 10.2. The van der Waals surface area contributed by atoms with Crippen LogP contribution in [0.15, 0.2) is 18.2 Å². The summed E-state index contributed by atoms with van der Waals surface area (Å²) in [6.45, 7) is 0.0262. The molecule has 1 saturated carbocycles. The van der Waals surface area contributed by atoms with Crippen molar-refractivity contribution in [2.45, 2.75) is 18.9 Å². The average Bonchev–Trinajstić information content (AvgIpc) is 3.11. The Balaban J connectivity index is 1.89. The quantitative estimate of drug-likeness (QED) is 0.849. The first-order valence-electron chi connectivity index (χ1n) is 5.31. The Morgan fingerprint density at radius 1 is 1.59 bits per heavy atom. The second kappa shape index (κ2) is 5.36. The molecule has 0 unspecified atom stereocenters. The third kappa shape index (κ3) is 3.60. The van der Waals surface area contributed by atoms with Crippen molar-refractivity contribution in [2.24, 2.45) is 0 Å². The van der Waals surface area contributed by atoms with Gasteiger partial charge in [0.2, 0.25) is 0 Å². The summed E-state index contributed by atoms with van der Waals surface area (Å²) in [5.41, 5.74) is 0.587. The van der Waals surface area contributed by atoms with Crippen molar-refractivity contribution in [2.75, 3.05) is 6.61 Å². The highest BCUT2D eigenvalue weighted by molar-refractivity contribution is 14.1. The van der Waals surface area contributed by atoms with Crippen molar-refractivity contribution in [1.82, 2.24) is 5.32 Å². The predicted molar refractivity (Wildman–Crippen MR) is 70.5 cm³/mol. The van der Waals surface area contributed by atoms with Crippen LogP contribution in [0.4, 0.5) is 0 Å². The number of nitrogens with zero attached hydrogens (tertiary/aromatic N) is 1. The molecule has 5 heteroatoms. The first-order chi connectivity index (χ1) is 8.19. The fourth-order valence-corrected chi connectivity index (χ4v) is 2.00. The van der Waals surface area contributed by atoms with E-state index in [-0.39, 0.29) is 12.5 Å². The van der Waals surface area contributed by atoms with Crippen LogP contribution in [0.25, 0.3) is 0 Å². The summed E-state index contributed by atoms with van der Waals surface area (Å²) in [6, 6.07) is 7.53. The van der Waals surface area contributed by atoms with Crippen molar-refractivity contribution in [3.8, 4) is 11.8 Å². The summed E-state index contributed by atoms with van der Waals surface area (Å²) in [4.78, 5) is 11.4. The fraction of sp³-hybridized carbons (Fsp3) is 0.333. The monoisotopic (exact) mass is 342 g/mol. The van der Waals surface area contributed by atoms with Crippen LogP contribution in [0.2, 0.25) is 0 Å². The number of rotatable bonds is 4. The summed E-state index contributed by atoms with van der Waals surface area (Å²) in [5, 5.41) is 11.6. The molecular weight excluding hydrogens is 331 g/mol. The maximum Gasteiger partial charge on any atom is 0.258 e. The lowest BCUT2D eigenvalue weighted by Crippen LogP contribution is -2.30. The van der Waals surface area contributed by atoms with Crippen molar-refractivity contribution >= 4 is 28.5 Å². The van der Waals surface area contributed by atoms with Crippen molar-refractivity contribution in [3.63, 3.8) is 0 Å². The molecule has 0 atom stereocenters. The van der Waals surface area contributed by atoms with Crippen LogP contribution in [-0.2, 0) is 4.79 Å². The fourth-order valence-electron chi connectivity index (χ4n) is 1.33. The van der Waals surface area contributed by atoms with E-state index in [1.54, 1.807) is 18.2 Å². The molecule has 88 valence electrons. The van der Waals surface area contributed by atoms with Gasteiger partial charge in [0.15, 0.2) is 6.61 Å². The molecule has 0 bridgehead atoms. The summed E-state index contributed by atoms with van der Waals surface area (Å²) in [5.74, 6) is 0.545. The maximum atomic E-state index is 11.4. The molecule has 0 radical (unpaired) electrons. The summed E-state index contributed by atoms with van der Waals surface area (Å²) in [7, 11) is 0. The minimum absolute atomic E-state index is 0.0262. The van der Waals surface area contributed by atoms with Gasteiger partial charge in [-0.2, -0.15) is 5.26 Å². The SMILES string of the molecule is N#Cc1ccc(OCC(=O)NC2CC2)c(I)c1. The van der Waals surface area contributed by atoms with E-state index in [0.717, 1.165) is 16.4 Å². The van der Waals surface area contributed by atoms with Crippen LogP contribution in [0, 0.1) is 14.9 Å². The normalized spacial score (nSPS) is 13.9. The Bertz CT molecular complexity index is 478. The highest BCUT2D eigenvalue weighted by Gasteiger charge is 2.23. The number of nitriles is 1. The lowest BCUT2D eigenvalue weighted by molar-refractivity contribution is -0.123. The number of hydrogen-bond acceptors (Lipinski definition) is 3. The number of hydrogen-bond donors (Lipinski definition) is 1. The minimum atomic E-state index is -0.0901. The Labute approximate surface area is 113 Å². The summed E-state index contributed by atoms with van der Waals surface area (Å²) < 4.78 is 6.23. The molecule has 0 saturated heterocycles. The Morgan fingerprint density at radius 3 is 2.94 bits per heavy atom. The minimum Gasteiger partial charge on any atom is -0.483 e. The molecule has 0 heterocycles. The van der Waals surface area contributed by atoms with Crippen molar-refractivity contribution in [3.05, 3.63) is 27.3 Å². The zero-order valence-electron chi connectivity index (χ0n) is 9.07. The van der Waals surface area contributed by atoms with E-state index in [1.807, 2.05) is 0 Å². The van der Waals surface area contributed by atoms with Gasteiger partial charge in [0.05, 0.1) is 15.2 Å². The molecule has 1 aliphatic rings. The smallest absolute Gasteiger partial charge is 0.258 e. The molecule has 1 N–H and O–H groups in total. The van der Waals surface area contributed by atoms with Crippen molar-refractivity contribution < 1.29 is 9.53 Å². The van der Waals surface area contributed by atoms with Crippen LogP contribution >= 0.6 is 22.6 Å². The van der Waals surface area contributed by atoms with E-state index in [0.29, 0.717) is 17.4 Å². The van der Waals surface area contributed by atoms with Crippen LogP contribution in [0.5, 0.6) is 5.75 Å². The van der Waals surface area contributed by atoms with Gasteiger partial charge in [-0.1, -0.05) is 0 Å². The van der Waals surface area contributed by atoms with E-state index in [2.05, 4.69) is 34.0 Å². The number of nitrogens with one attached hydrogen (secondary N) is 1. The highest BCUT2D eigenvalue weighted by atomic mass is 127. The highest BCUT2D eigenvalue weighted by Crippen LogP contribution is 2.22. The molecule has 17 heavy (non-hydrogen) atoms. The van der Waals surface area contributed by atoms with E-state index in [9.17, 15) is 4.79 Å². The molecule has 1 aromatic carbocycles. The second-order valence-corrected chi connectivity index (χ2v) is 5.05. The number of carbonyl (C=O) groups is 1. The molecule has 0 aromatic heterocycles. The molecule has 1 aliphatic carbocycles. The third-order valence-electron chi connectivity index (χ3n) is 2.36. The van der Waals surface area contributed by atoms with E-state index < -0.39 is 0 Å². The van der Waals surface area contributed by atoms with E-state index in [1.165, 1.54) is 0 Å². The molecule has 0 aliphatic heterocycles. The topological polar surface area (TPSA) is 62.1 Å². The zero-order chi connectivity index (χ0) is 12.3. The summed E-state index contributed by atoms with van der Waals surface area (Å²) >= 11 is 2.09. The lowest BCUT2D eigenvalue weighted by Gasteiger charge is -2.08. The molecular formula is C12H11IN2O2. The molecule has 1 aromatic rings. The van der Waals surface area contributed by atoms with Gasteiger partial charge >= 0.3 is 0 Å². The van der Waals surface area contributed by atoms with Gasteiger partial charge in [0, 0.05) is 6.04 Å². The van der Waals surface area contributed by atoms with E-state index >= 15 is 0 Å². The largest absolute Gasteiger partial charge is 0.483 e.